The highest BCUT2D eigenvalue weighted by molar-refractivity contribution is 5.91. The van der Waals surface area contributed by atoms with E-state index in [-0.39, 0.29) is 6.04 Å². The van der Waals surface area contributed by atoms with Gasteiger partial charge in [0.2, 0.25) is 0 Å². The van der Waals surface area contributed by atoms with Gasteiger partial charge in [-0.2, -0.15) is 13.2 Å². The predicted molar refractivity (Wildman–Crippen MR) is 148 cm³/mol. The maximum atomic E-state index is 13.1. The van der Waals surface area contributed by atoms with Gasteiger partial charge in [-0.3, -0.25) is 9.69 Å². The summed E-state index contributed by atoms with van der Waals surface area (Å²) in [5, 5.41) is 15.0. The molecule has 2 unspecified atom stereocenters. The van der Waals surface area contributed by atoms with E-state index < -0.39 is 29.8 Å². The van der Waals surface area contributed by atoms with Crippen molar-refractivity contribution in [1.82, 2.24) is 14.4 Å². The Kier molecular flexibility index (Phi) is 6.94. The van der Waals surface area contributed by atoms with Crippen molar-refractivity contribution >= 4 is 22.7 Å². The van der Waals surface area contributed by atoms with E-state index >= 15 is 0 Å². The molecule has 224 valence electrons. The van der Waals surface area contributed by atoms with Crippen molar-refractivity contribution in [1.29, 1.82) is 0 Å². The second-order valence-electron chi connectivity index (χ2n) is 12.7. The van der Waals surface area contributed by atoms with Crippen LogP contribution in [-0.4, -0.2) is 75.3 Å². The molecule has 1 saturated carbocycles. The number of aryl methyl sites for hydroxylation is 1. The summed E-state index contributed by atoms with van der Waals surface area (Å²) in [6, 6.07) is 3.98. The minimum Gasteiger partial charge on any atom is -0.483 e. The van der Waals surface area contributed by atoms with Gasteiger partial charge in [0, 0.05) is 50.3 Å². The molecule has 8 nitrogen and oxygen atoms in total. The van der Waals surface area contributed by atoms with E-state index in [0.29, 0.717) is 57.1 Å². The monoisotopic (exact) mass is 576 g/mol. The minimum absolute atomic E-state index is 0.107. The van der Waals surface area contributed by atoms with Crippen LogP contribution in [0, 0.1) is 5.41 Å². The summed E-state index contributed by atoms with van der Waals surface area (Å²) in [4.78, 5) is 22.3. The van der Waals surface area contributed by atoms with Crippen LogP contribution in [-0.2, 0) is 22.7 Å². The first-order valence-corrected chi connectivity index (χ1v) is 14.8. The highest BCUT2D eigenvalue weighted by Crippen LogP contribution is 2.47. The maximum Gasteiger partial charge on any atom is 0.422 e. The number of piperidine rings is 1. The Morgan fingerprint density at radius 3 is 2.63 bits per heavy atom. The van der Waals surface area contributed by atoms with Gasteiger partial charge in [-0.05, 0) is 75.1 Å². The van der Waals surface area contributed by atoms with Crippen LogP contribution in [0.3, 0.4) is 0 Å². The van der Waals surface area contributed by atoms with Crippen molar-refractivity contribution in [2.45, 2.75) is 96.1 Å². The number of hydrogen-bond acceptors (Lipinski definition) is 6. The number of amidine groups is 1. The third kappa shape index (κ3) is 5.37. The molecule has 3 fully saturated rings. The summed E-state index contributed by atoms with van der Waals surface area (Å²) < 4.78 is 46.9. The molecule has 3 aliphatic heterocycles. The molecule has 4 heterocycles. The highest BCUT2D eigenvalue weighted by atomic mass is 19.4. The molecule has 4 aliphatic rings. The zero-order valence-electron chi connectivity index (χ0n) is 24.0. The fraction of sp³-hybridized carbons (Fsp3) is 0.667. The SMILES string of the molecule is CCC1CC(C)(C(=O)O)CCN1C1=NOC2(C1)CN(Cc1cc(OCC(F)(F)F)c3c(C4CC4)cn(CC)c3c1)C2. The van der Waals surface area contributed by atoms with Crippen LogP contribution in [0.1, 0.15) is 76.3 Å². The second kappa shape index (κ2) is 10.1. The molecule has 2 atom stereocenters. The molecule has 0 amide bonds. The van der Waals surface area contributed by atoms with Crippen LogP contribution in [0.2, 0.25) is 0 Å². The Morgan fingerprint density at radius 1 is 1.24 bits per heavy atom. The minimum atomic E-state index is -4.41. The third-order valence-electron chi connectivity index (χ3n) is 9.39. The molecule has 1 aromatic carbocycles. The van der Waals surface area contributed by atoms with E-state index in [1.54, 1.807) is 6.07 Å². The van der Waals surface area contributed by atoms with E-state index in [1.165, 1.54) is 0 Å². The molecular weight excluding hydrogens is 537 g/mol. The summed E-state index contributed by atoms with van der Waals surface area (Å²) in [5.41, 5.74) is 1.79. The molecule has 1 spiro atoms. The first kappa shape index (κ1) is 28.2. The molecule has 1 N–H and O–H groups in total. The van der Waals surface area contributed by atoms with E-state index in [1.807, 2.05) is 13.8 Å². The molecule has 2 saturated heterocycles. The van der Waals surface area contributed by atoms with Gasteiger partial charge in [-0.15, -0.1) is 0 Å². The third-order valence-corrected chi connectivity index (χ3v) is 9.39. The summed E-state index contributed by atoms with van der Waals surface area (Å²) in [6.07, 6.45) is 2.45. The molecule has 0 bridgehead atoms. The number of oxime groups is 1. The van der Waals surface area contributed by atoms with Crippen molar-refractivity contribution in [2.24, 2.45) is 10.6 Å². The van der Waals surface area contributed by atoms with Gasteiger partial charge in [0.25, 0.3) is 0 Å². The number of aliphatic carboxylic acids is 1. The summed E-state index contributed by atoms with van der Waals surface area (Å²) in [6.45, 7) is 7.91. The lowest BCUT2D eigenvalue weighted by Gasteiger charge is -2.46. The van der Waals surface area contributed by atoms with E-state index in [4.69, 9.17) is 9.57 Å². The first-order chi connectivity index (χ1) is 19.4. The number of ether oxygens (including phenoxy) is 1. The zero-order chi connectivity index (χ0) is 29.2. The van der Waals surface area contributed by atoms with Crippen LogP contribution < -0.4 is 4.74 Å². The van der Waals surface area contributed by atoms with Crippen molar-refractivity contribution < 1.29 is 32.6 Å². The van der Waals surface area contributed by atoms with Gasteiger partial charge in [0.05, 0.1) is 17.4 Å². The summed E-state index contributed by atoms with van der Waals surface area (Å²) in [7, 11) is 0. The highest BCUT2D eigenvalue weighted by Gasteiger charge is 2.52. The Balaban J connectivity index is 1.14. The average molecular weight is 577 g/mol. The quantitative estimate of drug-likeness (QED) is 0.432. The van der Waals surface area contributed by atoms with Crippen molar-refractivity contribution in [3.8, 4) is 5.75 Å². The van der Waals surface area contributed by atoms with E-state index in [2.05, 4.69) is 38.7 Å². The van der Waals surface area contributed by atoms with Crippen LogP contribution in [0.5, 0.6) is 5.75 Å². The summed E-state index contributed by atoms with van der Waals surface area (Å²) in [5.74, 6) is 0.845. The molecule has 1 aliphatic carbocycles. The number of nitrogens with zero attached hydrogens (tertiary/aromatic N) is 4. The summed E-state index contributed by atoms with van der Waals surface area (Å²) >= 11 is 0. The lowest BCUT2D eigenvalue weighted by atomic mass is 9.76. The van der Waals surface area contributed by atoms with Crippen LogP contribution in [0.25, 0.3) is 10.9 Å². The fourth-order valence-electron chi connectivity index (χ4n) is 6.95. The number of hydrogen-bond donors (Lipinski definition) is 1. The lowest BCUT2D eigenvalue weighted by Crippen LogP contribution is -2.62. The Labute approximate surface area is 238 Å². The standard InChI is InChI=1S/C30H39F3N4O4/c1-4-21-12-28(3,27(38)39)8-9-37(21)25-13-29(41-34-25)16-35(17-29)14-19-10-23-26(24(11-19)40-18-30(31,32)33)22(20-6-7-20)15-36(23)5-2/h10-11,15,20-21H,4-9,12-14,16-18H2,1-3H3,(H,38,39). The molecule has 1 aromatic heterocycles. The van der Waals surface area contributed by atoms with Gasteiger partial charge < -0.3 is 24.1 Å². The van der Waals surface area contributed by atoms with Crippen molar-refractivity contribution in [3.63, 3.8) is 0 Å². The number of carboxylic acids is 1. The number of carboxylic acid groups (broad SMARTS) is 1. The number of alkyl halides is 3. The normalized spacial score (nSPS) is 26.2. The fourth-order valence-corrected chi connectivity index (χ4v) is 6.95. The van der Waals surface area contributed by atoms with E-state index in [0.717, 1.165) is 53.7 Å². The van der Waals surface area contributed by atoms with Gasteiger partial charge in [0.15, 0.2) is 12.2 Å². The Morgan fingerprint density at radius 2 is 2.00 bits per heavy atom. The molecule has 2 aromatic rings. The van der Waals surface area contributed by atoms with Gasteiger partial charge in [-0.25, -0.2) is 0 Å². The molecule has 41 heavy (non-hydrogen) atoms. The van der Waals surface area contributed by atoms with Gasteiger partial charge >= 0.3 is 12.1 Å². The number of likely N-dealkylation sites (tertiary alicyclic amines) is 2. The zero-order valence-corrected chi connectivity index (χ0v) is 24.0. The second-order valence-corrected chi connectivity index (χ2v) is 12.7. The van der Waals surface area contributed by atoms with Crippen LogP contribution in [0.4, 0.5) is 13.2 Å². The number of halogens is 3. The lowest BCUT2D eigenvalue weighted by molar-refractivity contribution is -0.153. The average Bonchev–Trinajstić information content (AvgIpc) is 3.54. The van der Waals surface area contributed by atoms with Crippen molar-refractivity contribution in [3.05, 3.63) is 29.5 Å². The smallest absolute Gasteiger partial charge is 0.422 e. The number of benzene rings is 1. The molecule has 11 heteroatoms. The molecule has 0 radical (unpaired) electrons. The van der Waals surface area contributed by atoms with E-state index in [9.17, 15) is 23.1 Å². The number of carbonyl (C=O) groups is 1. The Hall–Kier alpha value is -2.95. The molecule has 6 rings (SSSR count). The number of aromatic nitrogens is 1. The van der Waals surface area contributed by atoms with Gasteiger partial charge in [-0.1, -0.05) is 12.1 Å². The maximum absolute atomic E-state index is 13.1. The Bertz CT molecular complexity index is 1360. The topological polar surface area (TPSA) is 79.5 Å². The molecular formula is C30H39F3N4O4. The van der Waals surface area contributed by atoms with Gasteiger partial charge in [0.1, 0.15) is 11.6 Å². The first-order valence-electron chi connectivity index (χ1n) is 14.8. The van der Waals surface area contributed by atoms with Crippen LogP contribution in [0.15, 0.2) is 23.5 Å². The largest absolute Gasteiger partial charge is 0.483 e. The number of rotatable bonds is 8. The number of fused-ring (bicyclic) bond motifs is 1. The predicted octanol–water partition coefficient (Wildman–Crippen LogP) is 5.73. The van der Waals surface area contributed by atoms with Crippen molar-refractivity contribution in [2.75, 3.05) is 26.2 Å². The van der Waals surface area contributed by atoms with Crippen LogP contribution >= 0.6 is 0 Å².